The Balaban J connectivity index is 2.00. The number of ether oxygens (including phenoxy) is 1. The summed E-state index contributed by atoms with van der Waals surface area (Å²) in [6.07, 6.45) is 3.64. The number of rotatable bonds is 6. The molecule has 0 amide bonds. The molecule has 5 heteroatoms. The van der Waals surface area contributed by atoms with E-state index in [1.54, 1.807) is 18.0 Å². The summed E-state index contributed by atoms with van der Waals surface area (Å²) < 4.78 is 6.85. The molecule has 1 heterocycles. The molecule has 0 bridgehead atoms. The van der Waals surface area contributed by atoms with Crippen LogP contribution in [0.1, 0.15) is 18.5 Å². The second-order valence-electron chi connectivity index (χ2n) is 4.35. The van der Waals surface area contributed by atoms with Crippen LogP contribution in [-0.2, 0) is 6.54 Å². The molecule has 2 N–H and O–H groups in total. The molecule has 102 valence electrons. The van der Waals surface area contributed by atoms with E-state index in [9.17, 15) is 0 Å². The predicted octanol–water partition coefficient (Wildman–Crippen LogP) is 2.06. The zero-order valence-electron chi connectivity index (χ0n) is 11.2. The van der Waals surface area contributed by atoms with E-state index in [1.165, 1.54) is 5.56 Å². The van der Waals surface area contributed by atoms with Crippen LogP contribution < -0.4 is 10.1 Å². The van der Waals surface area contributed by atoms with Gasteiger partial charge in [-0.15, -0.1) is 0 Å². The van der Waals surface area contributed by atoms with Crippen molar-refractivity contribution in [3.05, 3.63) is 42.2 Å². The van der Waals surface area contributed by atoms with Crippen LogP contribution in [-0.4, -0.2) is 28.6 Å². The van der Waals surface area contributed by atoms with Crippen LogP contribution in [0.2, 0.25) is 0 Å². The molecule has 0 spiro atoms. The number of hydrogen-bond donors (Lipinski definition) is 2. The Labute approximate surface area is 112 Å². The van der Waals surface area contributed by atoms with Gasteiger partial charge in [-0.1, -0.05) is 12.1 Å². The van der Waals surface area contributed by atoms with Crippen molar-refractivity contribution >= 4 is 5.69 Å². The van der Waals surface area contributed by atoms with E-state index in [0.29, 0.717) is 6.54 Å². The van der Waals surface area contributed by atoms with Crippen molar-refractivity contribution in [1.29, 1.82) is 0 Å². The molecule has 0 saturated carbocycles. The smallest absolute Gasteiger partial charge is 0.118 e. The third-order valence-corrected chi connectivity index (χ3v) is 2.96. The van der Waals surface area contributed by atoms with Gasteiger partial charge < -0.3 is 15.2 Å². The highest BCUT2D eigenvalue weighted by molar-refractivity contribution is 5.42. The van der Waals surface area contributed by atoms with Crippen LogP contribution in [0.5, 0.6) is 5.75 Å². The summed E-state index contributed by atoms with van der Waals surface area (Å²) in [6.45, 7) is 2.69. The molecule has 0 saturated heterocycles. The van der Waals surface area contributed by atoms with Crippen molar-refractivity contribution in [3.63, 3.8) is 0 Å². The third kappa shape index (κ3) is 3.48. The average molecular weight is 261 g/mol. The van der Waals surface area contributed by atoms with Gasteiger partial charge in [-0.25, -0.2) is 0 Å². The molecule has 0 aliphatic rings. The second-order valence-corrected chi connectivity index (χ2v) is 4.35. The minimum absolute atomic E-state index is 0.0924. The second kappa shape index (κ2) is 6.24. The molecule has 2 rings (SSSR count). The van der Waals surface area contributed by atoms with E-state index >= 15 is 0 Å². The fourth-order valence-corrected chi connectivity index (χ4v) is 1.89. The number of aliphatic hydroxyl groups excluding tert-OH is 1. The van der Waals surface area contributed by atoms with Gasteiger partial charge in [0.15, 0.2) is 0 Å². The van der Waals surface area contributed by atoms with E-state index in [0.717, 1.165) is 11.4 Å². The molecule has 1 atom stereocenters. The van der Waals surface area contributed by atoms with Gasteiger partial charge in [-0.2, -0.15) is 5.10 Å². The van der Waals surface area contributed by atoms with E-state index in [4.69, 9.17) is 9.84 Å². The number of methoxy groups -OCH3 is 1. The highest BCUT2D eigenvalue weighted by Gasteiger charge is 2.06. The van der Waals surface area contributed by atoms with Gasteiger partial charge in [0.1, 0.15) is 5.75 Å². The lowest BCUT2D eigenvalue weighted by molar-refractivity contribution is 0.269. The maximum Gasteiger partial charge on any atom is 0.118 e. The number of aromatic nitrogens is 2. The first kappa shape index (κ1) is 13.4. The maximum atomic E-state index is 8.85. The summed E-state index contributed by atoms with van der Waals surface area (Å²) in [4.78, 5) is 0. The van der Waals surface area contributed by atoms with E-state index in [2.05, 4.69) is 17.3 Å². The largest absolute Gasteiger partial charge is 0.497 e. The fraction of sp³-hybridized carbons (Fsp3) is 0.357. The molecule has 2 aromatic rings. The van der Waals surface area contributed by atoms with Crippen molar-refractivity contribution in [2.75, 3.05) is 19.0 Å². The molecule has 1 aromatic carbocycles. The first-order chi connectivity index (χ1) is 9.22. The molecule has 0 radical (unpaired) electrons. The minimum atomic E-state index is 0.0924. The average Bonchev–Trinajstić information content (AvgIpc) is 2.86. The quantitative estimate of drug-likeness (QED) is 0.835. The van der Waals surface area contributed by atoms with Crippen LogP contribution in [0, 0.1) is 0 Å². The number of nitrogens with zero attached hydrogens (tertiary/aromatic N) is 2. The van der Waals surface area contributed by atoms with Crippen LogP contribution in [0.4, 0.5) is 5.69 Å². The van der Waals surface area contributed by atoms with Crippen molar-refractivity contribution in [1.82, 2.24) is 9.78 Å². The third-order valence-electron chi connectivity index (χ3n) is 2.96. The Kier molecular flexibility index (Phi) is 4.41. The summed E-state index contributed by atoms with van der Waals surface area (Å²) in [5, 5.41) is 16.4. The lowest BCUT2D eigenvalue weighted by Crippen LogP contribution is -2.06. The number of nitrogens with one attached hydrogen (secondary N) is 1. The van der Waals surface area contributed by atoms with E-state index < -0.39 is 0 Å². The van der Waals surface area contributed by atoms with Crippen LogP contribution in [0.15, 0.2) is 36.7 Å². The van der Waals surface area contributed by atoms with Crippen molar-refractivity contribution in [3.8, 4) is 5.75 Å². The van der Waals surface area contributed by atoms with Crippen molar-refractivity contribution in [2.24, 2.45) is 0 Å². The monoisotopic (exact) mass is 261 g/mol. The number of anilines is 1. The highest BCUT2D eigenvalue weighted by atomic mass is 16.5. The topological polar surface area (TPSA) is 59.3 Å². The Bertz CT molecular complexity index is 508. The first-order valence-corrected chi connectivity index (χ1v) is 6.26. The Morgan fingerprint density at radius 2 is 2.11 bits per heavy atom. The molecule has 0 aliphatic carbocycles. The Morgan fingerprint density at radius 1 is 1.37 bits per heavy atom. The molecule has 19 heavy (non-hydrogen) atoms. The van der Waals surface area contributed by atoms with E-state index in [-0.39, 0.29) is 12.6 Å². The van der Waals surface area contributed by atoms with E-state index in [1.807, 2.05) is 30.5 Å². The van der Waals surface area contributed by atoms with Crippen LogP contribution in [0.3, 0.4) is 0 Å². The molecular formula is C14H19N3O2. The van der Waals surface area contributed by atoms with Crippen LogP contribution in [0.25, 0.3) is 0 Å². The summed E-state index contributed by atoms with van der Waals surface area (Å²) >= 11 is 0. The molecular weight excluding hydrogens is 242 g/mol. The Morgan fingerprint density at radius 3 is 2.74 bits per heavy atom. The first-order valence-electron chi connectivity index (χ1n) is 6.26. The number of hydrogen-bond acceptors (Lipinski definition) is 4. The van der Waals surface area contributed by atoms with Gasteiger partial charge in [0.05, 0.1) is 32.1 Å². The number of aliphatic hydroxyl groups is 1. The van der Waals surface area contributed by atoms with Gasteiger partial charge in [0.25, 0.3) is 0 Å². The highest BCUT2D eigenvalue weighted by Crippen LogP contribution is 2.21. The zero-order valence-corrected chi connectivity index (χ0v) is 11.2. The van der Waals surface area contributed by atoms with Gasteiger partial charge >= 0.3 is 0 Å². The molecule has 1 aromatic heterocycles. The minimum Gasteiger partial charge on any atom is -0.497 e. The summed E-state index contributed by atoms with van der Waals surface area (Å²) in [5.41, 5.74) is 2.12. The molecule has 5 nitrogen and oxygen atoms in total. The number of benzene rings is 1. The maximum absolute atomic E-state index is 8.85. The van der Waals surface area contributed by atoms with Crippen LogP contribution >= 0.6 is 0 Å². The summed E-state index contributed by atoms with van der Waals surface area (Å²) in [5.74, 6) is 0.853. The normalized spacial score (nSPS) is 12.2. The predicted molar refractivity (Wildman–Crippen MR) is 74.3 cm³/mol. The molecule has 1 unspecified atom stereocenters. The lowest BCUT2D eigenvalue weighted by Gasteiger charge is -2.14. The summed E-state index contributed by atoms with van der Waals surface area (Å²) in [7, 11) is 1.66. The van der Waals surface area contributed by atoms with Gasteiger partial charge in [-0.05, 0) is 24.6 Å². The van der Waals surface area contributed by atoms with Gasteiger partial charge in [-0.3, -0.25) is 4.68 Å². The fourth-order valence-electron chi connectivity index (χ4n) is 1.89. The zero-order chi connectivity index (χ0) is 13.7. The molecule has 0 aliphatic heterocycles. The standard InChI is InChI=1S/C14H19N3O2/c1-11(12-3-5-14(19-2)6-4-12)16-13-9-15-17(10-13)7-8-18/h3-6,9-11,16,18H,7-8H2,1-2H3. The summed E-state index contributed by atoms with van der Waals surface area (Å²) in [6, 6.07) is 8.15. The SMILES string of the molecule is COc1ccc(C(C)Nc2cnn(CCO)c2)cc1. The van der Waals surface area contributed by atoms with Gasteiger partial charge in [0.2, 0.25) is 0 Å². The van der Waals surface area contributed by atoms with Crippen molar-refractivity contribution in [2.45, 2.75) is 19.5 Å². The van der Waals surface area contributed by atoms with Crippen molar-refractivity contribution < 1.29 is 9.84 Å². The lowest BCUT2D eigenvalue weighted by atomic mass is 10.1. The van der Waals surface area contributed by atoms with Gasteiger partial charge in [0, 0.05) is 12.2 Å². The molecule has 0 fully saturated rings. The Hall–Kier alpha value is -2.01.